The lowest BCUT2D eigenvalue weighted by Gasteiger charge is -2.17. The average molecular weight is 305 g/mol. The van der Waals surface area contributed by atoms with Gasteiger partial charge in [0.15, 0.2) is 0 Å². The molecule has 0 saturated carbocycles. The van der Waals surface area contributed by atoms with E-state index in [4.69, 9.17) is 0 Å². The number of aliphatic hydroxyl groups is 1. The fourth-order valence-electron chi connectivity index (χ4n) is 2.13. The van der Waals surface area contributed by atoms with E-state index in [1.165, 1.54) is 5.56 Å². The molecular weight excluding hydrogens is 288 g/mol. The molecular formula is C16H17BrO. The maximum atomic E-state index is 10.6. The molecule has 0 saturated heterocycles. The Morgan fingerprint density at radius 3 is 2.11 bits per heavy atom. The summed E-state index contributed by atoms with van der Waals surface area (Å²) < 4.78 is 0.993. The van der Waals surface area contributed by atoms with Crippen molar-refractivity contribution in [1.82, 2.24) is 0 Å². The average Bonchev–Trinajstić information content (AvgIpc) is 2.34. The van der Waals surface area contributed by atoms with Gasteiger partial charge >= 0.3 is 0 Å². The normalized spacial score (nSPS) is 12.5. The Hall–Kier alpha value is -1.12. The predicted molar refractivity (Wildman–Crippen MR) is 78.9 cm³/mol. The first-order chi connectivity index (χ1) is 8.49. The van der Waals surface area contributed by atoms with Crippen LogP contribution in [-0.2, 0) is 0 Å². The Morgan fingerprint density at radius 2 is 1.44 bits per heavy atom. The van der Waals surface area contributed by atoms with Crippen molar-refractivity contribution >= 4 is 15.9 Å². The topological polar surface area (TPSA) is 20.2 Å². The highest BCUT2D eigenvalue weighted by Crippen LogP contribution is 2.29. The van der Waals surface area contributed by atoms with E-state index >= 15 is 0 Å². The number of hydrogen-bond donors (Lipinski definition) is 1. The summed E-state index contributed by atoms with van der Waals surface area (Å²) in [5.74, 6) is 0. The molecule has 0 radical (unpaired) electrons. The van der Waals surface area contributed by atoms with E-state index in [0.29, 0.717) is 0 Å². The molecule has 2 aromatic rings. The molecule has 94 valence electrons. The molecule has 1 atom stereocenters. The Kier molecular flexibility index (Phi) is 3.88. The van der Waals surface area contributed by atoms with Crippen LogP contribution in [0.3, 0.4) is 0 Å². The molecule has 0 spiro atoms. The van der Waals surface area contributed by atoms with E-state index in [0.717, 1.165) is 26.7 Å². The standard InChI is InChI=1S/C16H17BrO/c1-10-4-5-11(2)14(8-10)16(18)15-9-13(17)7-6-12(15)3/h4-9,16,18H,1-3H3. The second-order valence-corrected chi connectivity index (χ2v) is 5.68. The van der Waals surface area contributed by atoms with Gasteiger partial charge in [0, 0.05) is 4.47 Å². The lowest BCUT2D eigenvalue weighted by Crippen LogP contribution is -2.04. The minimum atomic E-state index is -0.567. The van der Waals surface area contributed by atoms with Crippen LogP contribution in [0, 0.1) is 20.8 Å². The van der Waals surface area contributed by atoms with Gasteiger partial charge in [-0.15, -0.1) is 0 Å². The van der Waals surface area contributed by atoms with Crippen molar-refractivity contribution in [3.63, 3.8) is 0 Å². The molecule has 1 unspecified atom stereocenters. The number of aryl methyl sites for hydroxylation is 3. The zero-order valence-corrected chi connectivity index (χ0v) is 12.5. The molecule has 0 aromatic heterocycles. The van der Waals surface area contributed by atoms with E-state index in [2.05, 4.69) is 34.1 Å². The summed E-state index contributed by atoms with van der Waals surface area (Å²) in [6.07, 6.45) is -0.567. The van der Waals surface area contributed by atoms with Crippen LogP contribution in [0.4, 0.5) is 0 Å². The molecule has 0 amide bonds. The summed E-state index contributed by atoms with van der Waals surface area (Å²) in [5.41, 5.74) is 5.33. The van der Waals surface area contributed by atoms with E-state index in [1.807, 2.05) is 39.0 Å². The van der Waals surface area contributed by atoms with E-state index < -0.39 is 6.10 Å². The van der Waals surface area contributed by atoms with Gasteiger partial charge in [-0.3, -0.25) is 0 Å². The molecule has 2 aromatic carbocycles. The van der Waals surface area contributed by atoms with Gasteiger partial charge in [-0.05, 0) is 55.2 Å². The zero-order chi connectivity index (χ0) is 13.3. The second-order valence-electron chi connectivity index (χ2n) is 4.76. The Bertz CT molecular complexity index is 524. The third-order valence-corrected chi connectivity index (χ3v) is 3.76. The van der Waals surface area contributed by atoms with Crippen LogP contribution in [0.2, 0.25) is 0 Å². The first kappa shape index (κ1) is 13.3. The van der Waals surface area contributed by atoms with Gasteiger partial charge in [-0.25, -0.2) is 0 Å². The van der Waals surface area contributed by atoms with Gasteiger partial charge in [0.05, 0.1) is 0 Å². The van der Waals surface area contributed by atoms with Crippen LogP contribution >= 0.6 is 15.9 Å². The molecule has 0 fully saturated rings. The van der Waals surface area contributed by atoms with Crippen molar-refractivity contribution < 1.29 is 5.11 Å². The van der Waals surface area contributed by atoms with Crippen molar-refractivity contribution in [2.45, 2.75) is 26.9 Å². The van der Waals surface area contributed by atoms with Crippen LogP contribution in [0.1, 0.15) is 33.9 Å². The van der Waals surface area contributed by atoms with Gasteiger partial charge in [0.25, 0.3) is 0 Å². The predicted octanol–water partition coefficient (Wildman–Crippen LogP) is 4.46. The summed E-state index contributed by atoms with van der Waals surface area (Å²) in [7, 11) is 0. The maximum Gasteiger partial charge on any atom is 0.105 e. The molecule has 2 rings (SSSR count). The minimum absolute atomic E-state index is 0.567. The molecule has 1 nitrogen and oxygen atoms in total. The van der Waals surface area contributed by atoms with Gasteiger partial charge in [-0.1, -0.05) is 45.8 Å². The summed E-state index contributed by atoms with van der Waals surface area (Å²) >= 11 is 3.46. The first-order valence-electron chi connectivity index (χ1n) is 6.00. The smallest absolute Gasteiger partial charge is 0.105 e. The van der Waals surface area contributed by atoms with Crippen molar-refractivity contribution in [3.05, 3.63) is 68.7 Å². The van der Waals surface area contributed by atoms with Crippen LogP contribution < -0.4 is 0 Å². The van der Waals surface area contributed by atoms with Crippen molar-refractivity contribution in [1.29, 1.82) is 0 Å². The third kappa shape index (κ3) is 2.65. The Morgan fingerprint density at radius 1 is 0.889 bits per heavy atom. The fourth-order valence-corrected chi connectivity index (χ4v) is 2.51. The third-order valence-electron chi connectivity index (χ3n) is 3.27. The van der Waals surface area contributed by atoms with Crippen LogP contribution in [0.25, 0.3) is 0 Å². The van der Waals surface area contributed by atoms with Crippen LogP contribution in [-0.4, -0.2) is 5.11 Å². The first-order valence-corrected chi connectivity index (χ1v) is 6.79. The quantitative estimate of drug-likeness (QED) is 0.868. The van der Waals surface area contributed by atoms with Crippen LogP contribution in [0.15, 0.2) is 40.9 Å². The molecule has 0 aliphatic carbocycles. The molecule has 0 aliphatic rings. The zero-order valence-electron chi connectivity index (χ0n) is 10.9. The van der Waals surface area contributed by atoms with Crippen molar-refractivity contribution in [2.75, 3.05) is 0 Å². The lowest BCUT2D eigenvalue weighted by molar-refractivity contribution is 0.218. The van der Waals surface area contributed by atoms with Crippen molar-refractivity contribution in [3.8, 4) is 0 Å². The maximum absolute atomic E-state index is 10.6. The minimum Gasteiger partial charge on any atom is -0.384 e. The summed E-state index contributed by atoms with van der Waals surface area (Å²) in [6, 6.07) is 12.2. The highest BCUT2D eigenvalue weighted by atomic mass is 79.9. The van der Waals surface area contributed by atoms with Gasteiger partial charge in [0.1, 0.15) is 6.10 Å². The van der Waals surface area contributed by atoms with E-state index in [-0.39, 0.29) is 0 Å². The Labute approximate surface area is 117 Å². The molecule has 1 N–H and O–H groups in total. The summed E-state index contributed by atoms with van der Waals surface area (Å²) in [5, 5.41) is 10.6. The SMILES string of the molecule is Cc1ccc(C)c(C(O)c2cc(Br)ccc2C)c1. The van der Waals surface area contributed by atoms with Gasteiger partial charge in [0.2, 0.25) is 0 Å². The molecule has 18 heavy (non-hydrogen) atoms. The van der Waals surface area contributed by atoms with E-state index in [9.17, 15) is 5.11 Å². The van der Waals surface area contributed by atoms with Gasteiger partial charge in [-0.2, -0.15) is 0 Å². The number of aliphatic hydroxyl groups excluding tert-OH is 1. The number of benzene rings is 2. The summed E-state index contributed by atoms with van der Waals surface area (Å²) in [6.45, 7) is 6.10. The lowest BCUT2D eigenvalue weighted by atomic mass is 9.93. The number of hydrogen-bond acceptors (Lipinski definition) is 1. The fraction of sp³-hybridized carbons (Fsp3) is 0.250. The number of rotatable bonds is 2. The highest BCUT2D eigenvalue weighted by molar-refractivity contribution is 9.10. The Balaban J connectivity index is 2.50. The summed E-state index contributed by atoms with van der Waals surface area (Å²) in [4.78, 5) is 0. The molecule has 0 aliphatic heterocycles. The molecule has 0 bridgehead atoms. The monoisotopic (exact) mass is 304 g/mol. The van der Waals surface area contributed by atoms with Gasteiger partial charge < -0.3 is 5.11 Å². The van der Waals surface area contributed by atoms with Crippen molar-refractivity contribution in [2.24, 2.45) is 0 Å². The number of halogens is 1. The molecule has 2 heteroatoms. The molecule has 0 heterocycles. The van der Waals surface area contributed by atoms with E-state index in [1.54, 1.807) is 0 Å². The van der Waals surface area contributed by atoms with Crippen LogP contribution in [0.5, 0.6) is 0 Å². The highest BCUT2D eigenvalue weighted by Gasteiger charge is 2.15. The second kappa shape index (κ2) is 5.25. The largest absolute Gasteiger partial charge is 0.384 e.